The molecule has 0 aliphatic heterocycles. The molecule has 0 nitrogen and oxygen atoms in total. The lowest BCUT2D eigenvalue weighted by Crippen LogP contribution is -2.29. The topological polar surface area (TPSA) is 0 Å². The Balaban J connectivity index is 1.88. The third-order valence-corrected chi connectivity index (χ3v) is 5.18. The minimum atomic E-state index is 0.568. The fourth-order valence-electron chi connectivity index (χ4n) is 3.77. The van der Waals surface area contributed by atoms with Gasteiger partial charge in [0.1, 0.15) is 0 Å². The molecular formula is C16H26. The Morgan fingerprint density at radius 3 is 2.12 bits per heavy atom. The highest BCUT2D eigenvalue weighted by molar-refractivity contribution is 4.99. The van der Waals surface area contributed by atoms with Crippen molar-refractivity contribution >= 4 is 0 Å². The summed E-state index contributed by atoms with van der Waals surface area (Å²) in [6.07, 6.45) is 15.6. The predicted molar refractivity (Wildman–Crippen MR) is 70.0 cm³/mol. The van der Waals surface area contributed by atoms with Gasteiger partial charge in [0.05, 0.1) is 0 Å². The first-order chi connectivity index (χ1) is 7.70. The molecule has 2 aliphatic rings. The van der Waals surface area contributed by atoms with Crippen molar-refractivity contribution in [1.82, 2.24) is 0 Å². The van der Waals surface area contributed by atoms with Crippen molar-refractivity contribution in [2.75, 3.05) is 0 Å². The number of terminal acetylenes is 1. The molecule has 2 fully saturated rings. The summed E-state index contributed by atoms with van der Waals surface area (Å²) in [5.41, 5.74) is 0. The van der Waals surface area contributed by atoms with Gasteiger partial charge in [-0.05, 0) is 55.8 Å². The summed E-state index contributed by atoms with van der Waals surface area (Å²) < 4.78 is 0. The Labute approximate surface area is 101 Å². The van der Waals surface area contributed by atoms with Crippen LogP contribution in [0.2, 0.25) is 0 Å². The molecular weight excluding hydrogens is 192 g/mol. The van der Waals surface area contributed by atoms with Crippen LogP contribution in [-0.2, 0) is 0 Å². The van der Waals surface area contributed by atoms with Gasteiger partial charge in [-0.3, -0.25) is 0 Å². The molecule has 2 aliphatic carbocycles. The summed E-state index contributed by atoms with van der Waals surface area (Å²) in [4.78, 5) is 0. The Hall–Kier alpha value is -0.440. The van der Waals surface area contributed by atoms with E-state index in [1.165, 1.54) is 44.9 Å². The van der Waals surface area contributed by atoms with Crippen molar-refractivity contribution in [3.05, 3.63) is 0 Å². The molecule has 0 aromatic rings. The maximum atomic E-state index is 5.66. The first-order valence-corrected chi connectivity index (χ1v) is 7.16. The molecule has 0 radical (unpaired) electrons. The molecule has 0 bridgehead atoms. The Morgan fingerprint density at radius 2 is 1.50 bits per heavy atom. The van der Waals surface area contributed by atoms with E-state index in [-0.39, 0.29) is 0 Å². The van der Waals surface area contributed by atoms with Gasteiger partial charge >= 0.3 is 0 Å². The van der Waals surface area contributed by atoms with Gasteiger partial charge in [0.15, 0.2) is 0 Å². The quantitative estimate of drug-likeness (QED) is 0.569. The molecule has 0 saturated heterocycles. The maximum absolute atomic E-state index is 5.66. The van der Waals surface area contributed by atoms with Crippen LogP contribution < -0.4 is 0 Å². The third-order valence-electron chi connectivity index (χ3n) is 5.18. The highest BCUT2D eigenvalue weighted by Crippen LogP contribution is 2.43. The molecule has 0 spiro atoms. The molecule has 2 saturated carbocycles. The van der Waals surface area contributed by atoms with Gasteiger partial charge in [-0.2, -0.15) is 0 Å². The highest BCUT2D eigenvalue weighted by Gasteiger charge is 2.32. The van der Waals surface area contributed by atoms with E-state index < -0.39 is 0 Å². The van der Waals surface area contributed by atoms with E-state index in [1.54, 1.807) is 0 Å². The Kier molecular flexibility index (Phi) is 3.95. The molecule has 1 unspecified atom stereocenters. The fraction of sp³-hybridized carbons (Fsp3) is 0.875. The van der Waals surface area contributed by atoms with Crippen LogP contribution in [-0.4, -0.2) is 0 Å². The van der Waals surface area contributed by atoms with Crippen molar-refractivity contribution < 1.29 is 0 Å². The molecule has 90 valence electrons. The van der Waals surface area contributed by atoms with E-state index in [0.717, 1.165) is 23.7 Å². The van der Waals surface area contributed by atoms with Gasteiger partial charge in [-0.25, -0.2) is 0 Å². The fourth-order valence-corrected chi connectivity index (χ4v) is 3.77. The van der Waals surface area contributed by atoms with Crippen LogP contribution in [0.15, 0.2) is 0 Å². The molecule has 0 aromatic carbocycles. The van der Waals surface area contributed by atoms with Crippen molar-refractivity contribution in [2.24, 2.45) is 29.6 Å². The lowest BCUT2D eigenvalue weighted by molar-refractivity contribution is 0.133. The number of hydrogen-bond donors (Lipinski definition) is 0. The van der Waals surface area contributed by atoms with E-state index in [0.29, 0.717) is 5.92 Å². The van der Waals surface area contributed by atoms with Crippen LogP contribution in [0, 0.1) is 41.9 Å². The van der Waals surface area contributed by atoms with E-state index >= 15 is 0 Å². The average molecular weight is 218 g/mol. The zero-order valence-electron chi connectivity index (χ0n) is 10.9. The van der Waals surface area contributed by atoms with Crippen molar-refractivity contribution in [1.29, 1.82) is 0 Å². The second-order valence-electron chi connectivity index (χ2n) is 6.34. The molecule has 0 aromatic heterocycles. The third kappa shape index (κ3) is 2.62. The molecule has 3 atom stereocenters. The van der Waals surface area contributed by atoms with Crippen LogP contribution in [0.5, 0.6) is 0 Å². The smallest absolute Gasteiger partial charge is 0.0228 e. The lowest BCUT2D eigenvalue weighted by Gasteiger charge is -2.39. The minimum Gasteiger partial charge on any atom is -0.120 e. The summed E-state index contributed by atoms with van der Waals surface area (Å²) in [6.45, 7) is 4.74. The van der Waals surface area contributed by atoms with Gasteiger partial charge in [0.2, 0.25) is 0 Å². The predicted octanol–water partition coefficient (Wildman–Crippen LogP) is 4.50. The van der Waals surface area contributed by atoms with Crippen LogP contribution >= 0.6 is 0 Å². The zero-order valence-corrected chi connectivity index (χ0v) is 10.9. The first-order valence-electron chi connectivity index (χ1n) is 7.16. The normalized spacial score (nSPS) is 44.9. The lowest BCUT2D eigenvalue weighted by atomic mass is 9.66. The van der Waals surface area contributed by atoms with E-state index in [9.17, 15) is 0 Å². The van der Waals surface area contributed by atoms with E-state index in [2.05, 4.69) is 19.8 Å². The second-order valence-corrected chi connectivity index (χ2v) is 6.34. The summed E-state index contributed by atoms with van der Waals surface area (Å²) in [5, 5.41) is 0. The van der Waals surface area contributed by atoms with E-state index in [4.69, 9.17) is 6.42 Å². The second kappa shape index (κ2) is 5.26. The largest absolute Gasteiger partial charge is 0.120 e. The molecule has 16 heavy (non-hydrogen) atoms. The summed E-state index contributed by atoms with van der Waals surface area (Å²) in [6, 6.07) is 0. The van der Waals surface area contributed by atoms with Gasteiger partial charge in [0.25, 0.3) is 0 Å². The molecule has 0 N–H and O–H groups in total. The summed E-state index contributed by atoms with van der Waals surface area (Å²) in [5.74, 6) is 7.29. The number of rotatable bonds is 1. The minimum absolute atomic E-state index is 0.568. The molecule has 2 rings (SSSR count). The van der Waals surface area contributed by atoms with Crippen LogP contribution in [0.1, 0.15) is 58.8 Å². The average Bonchev–Trinajstić information content (AvgIpc) is 2.31. The first kappa shape index (κ1) is 12.0. The van der Waals surface area contributed by atoms with Gasteiger partial charge < -0.3 is 0 Å². The van der Waals surface area contributed by atoms with Gasteiger partial charge in [0, 0.05) is 5.92 Å². The van der Waals surface area contributed by atoms with Crippen molar-refractivity contribution in [2.45, 2.75) is 58.8 Å². The van der Waals surface area contributed by atoms with Crippen LogP contribution in [0.25, 0.3) is 0 Å². The summed E-state index contributed by atoms with van der Waals surface area (Å²) >= 11 is 0. The van der Waals surface area contributed by atoms with Crippen molar-refractivity contribution in [3.8, 4) is 12.3 Å². The standard InChI is InChI=1S/C16H26/c1-4-14-11-16(10-7-13(14)3)15-8-5-12(2)6-9-15/h1,12-16H,5-11H2,2-3H3/t12?,13-,14+,15?,16?/m1/s1. The monoisotopic (exact) mass is 218 g/mol. The Bertz CT molecular complexity index is 252. The van der Waals surface area contributed by atoms with Crippen molar-refractivity contribution in [3.63, 3.8) is 0 Å². The zero-order chi connectivity index (χ0) is 11.5. The molecule has 0 heterocycles. The van der Waals surface area contributed by atoms with Gasteiger partial charge in [-0.15, -0.1) is 12.3 Å². The molecule has 0 amide bonds. The maximum Gasteiger partial charge on any atom is 0.0228 e. The highest BCUT2D eigenvalue weighted by atomic mass is 14.4. The summed E-state index contributed by atoms with van der Waals surface area (Å²) in [7, 11) is 0. The van der Waals surface area contributed by atoms with Gasteiger partial charge in [-0.1, -0.05) is 26.7 Å². The van der Waals surface area contributed by atoms with E-state index in [1.807, 2.05) is 0 Å². The van der Waals surface area contributed by atoms with Crippen LogP contribution in [0.3, 0.4) is 0 Å². The number of hydrogen-bond acceptors (Lipinski definition) is 0. The molecule has 0 heteroatoms. The van der Waals surface area contributed by atoms with Crippen LogP contribution in [0.4, 0.5) is 0 Å². The Morgan fingerprint density at radius 1 is 0.875 bits per heavy atom. The SMILES string of the molecule is C#C[C@H]1CC(C2CCC(C)CC2)CC[C@H]1C.